The molecule has 0 unspecified atom stereocenters. The second kappa shape index (κ2) is 17.0. The van der Waals surface area contributed by atoms with E-state index in [1.165, 1.54) is 23.9 Å². The molecule has 0 bridgehead atoms. The van der Waals surface area contributed by atoms with Gasteiger partial charge in [-0.3, -0.25) is 19.5 Å². The molecule has 51 heavy (non-hydrogen) atoms. The highest BCUT2D eigenvalue weighted by atomic mass is 32.2. The smallest absolute Gasteiger partial charge is 0.410 e. The Labute approximate surface area is 308 Å². The number of benzene rings is 1. The standard InChI is InChI=1S/C37H47N9O4S/c1-25(47)40-29-10-8-27(9-11-29)33-31(22-38)34(39)43-35(42-33)51-24-30-7-5-6-28(41-30)12-13-32(48)45-20-18-44(19-21-45)23-26-14-16-46(17-15-26)36(49)50-37(2,3)4/h5-11,26H,12-21,23-24H2,1-4H3,(H,40,47)(H2,39,42,43)/i1D3. The van der Waals surface area contributed by atoms with Crippen LogP contribution in [0.4, 0.5) is 16.3 Å². The van der Waals surface area contributed by atoms with Gasteiger partial charge in [0.05, 0.1) is 11.4 Å². The lowest BCUT2D eigenvalue weighted by Crippen LogP contribution is -2.51. The summed E-state index contributed by atoms with van der Waals surface area (Å²) in [7, 11) is 0. The second-order valence-corrected chi connectivity index (χ2v) is 14.7. The van der Waals surface area contributed by atoms with Crippen LogP contribution in [-0.4, -0.2) is 99.0 Å². The molecule has 2 aliphatic rings. The van der Waals surface area contributed by atoms with E-state index in [0.717, 1.165) is 43.9 Å². The zero-order valence-corrected chi connectivity index (χ0v) is 30.2. The second-order valence-electron chi connectivity index (χ2n) is 13.8. The fraction of sp³-hybridized carbons (Fsp3) is 0.486. The largest absolute Gasteiger partial charge is 0.444 e. The molecular formula is C37H47N9O4S. The van der Waals surface area contributed by atoms with Crippen molar-refractivity contribution in [2.75, 3.05) is 56.9 Å². The minimum absolute atomic E-state index is 0.0199. The monoisotopic (exact) mass is 716 g/mol. The first-order chi connectivity index (χ1) is 25.6. The summed E-state index contributed by atoms with van der Waals surface area (Å²) in [5.74, 6) is -0.0132. The molecule has 3 aromatic rings. The Morgan fingerprint density at radius 1 is 1.00 bits per heavy atom. The minimum Gasteiger partial charge on any atom is -0.444 e. The lowest BCUT2D eigenvalue weighted by Gasteiger charge is -2.39. The van der Waals surface area contributed by atoms with E-state index in [1.54, 1.807) is 17.0 Å². The molecule has 0 aliphatic carbocycles. The highest BCUT2D eigenvalue weighted by molar-refractivity contribution is 7.98. The van der Waals surface area contributed by atoms with Gasteiger partial charge < -0.3 is 25.6 Å². The third kappa shape index (κ3) is 10.9. The molecule has 14 heteroatoms. The van der Waals surface area contributed by atoms with Crippen LogP contribution in [-0.2, 0) is 26.5 Å². The van der Waals surface area contributed by atoms with Gasteiger partial charge in [0.25, 0.3) is 0 Å². The summed E-state index contributed by atoms with van der Waals surface area (Å²) in [6.07, 6.45) is 2.55. The number of rotatable bonds is 10. The van der Waals surface area contributed by atoms with E-state index in [1.807, 2.05) is 49.9 Å². The van der Waals surface area contributed by atoms with Crippen molar-refractivity contribution in [1.29, 1.82) is 5.26 Å². The van der Waals surface area contributed by atoms with Gasteiger partial charge in [-0.15, -0.1) is 0 Å². The van der Waals surface area contributed by atoms with Gasteiger partial charge in [-0.05, 0) is 70.2 Å². The number of pyridine rings is 1. The van der Waals surface area contributed by atoms with E-state index in [2.05, 4.69) is 20.2 Å². The Hall–Kier alpha value is -4.74. The van der Waals surface area contributed by atoms with Crippen molar-refractivity contribution in [2.45, 2.75) is 69.8 Å². The quantitative estimate of drug-likeness (QED) is 0.215. The predicted octanol–water partition coefficient (Wildman–Crippen LogP) is 4.97. The third-order valence-electron chi connectivity index (χ3n) is 8.76. The van der Waals surface area contributed by atoms with Gasteiger partial charge in [0.1, 0.15) is 23.1 Å². The van der Waals surface area contributed by atoms with Crippen molar-refractivity contribution in [3.63, 3.8) is 0 Å². The molecule has 1 aromatic carbocycles. The number of aryl methyl sites for hydroxylation is 1. The molecule has 4 heterocycles. The SMILES string of the molecule is [2H]C([2H])([2H])C(=O)Nc1ccc(-c2nc(SCc3cccc(CCC(=O)N4CCN(CC5CCN(C(=O)OC(C)(C)C)CC5)CC4)n3)nc(N)c2C#N)cc1. The molecule has 270 valence electrons. The van der Waals surface area contributed by atoms with Crippen molar-refractivity contribution in [2.24, 2.45) is 5.92 Å². The molecule has 5 rings (SSSR count). The summed E-state index contributed by atoms with van der Waals surface area (Å²) in [4.78, 5) is 57.2. The number of piperazine rings is 1. The predicted molar refractivity (Wildman–Crippen MR) is 197 cm³/mol. The summed E-state index contributed by atoms with van der Waals surface area (Å²) < 4.78 is 27.2. The molecular weight excluding hydrogens is 667 g/mol. The van der Waals surface area contributed by atoms with Crippen molar-refractivity contribution in [3.8, 4) is 17.3 Å². The van der Waals surface area contributed by atoms with Crippen molar-refractivity contribution in [1.82, 2.24) is 29.7 Å². The van der Waals surface area contributed by atoms with Gasteiger partial charge in [-0.2, -0.15) is 5.26 Å². The highest BCUT2D eigenvalue weighted by Crippen LogP contribution is 2.30. The van der Waals surface area contributed by atoms with E-state index in [0.29, 0.717) is 67.1 Å². The molecule has 2 fully saturated rings. The van der Waals surface area contributed by atoms with Crippen molar-refractivity contribution in [3.05, 3.63) is 59.4 Å². The number of hydrogen-bond acceptors (Lipinski definition) is 11. The Bertz CT molecular complexity index is 1850. The maximum absolute atomic E-state index is 13.1. The minimum atomic E-state index is -2.78. The number of nitrogens with one attached hydrogen (secondary N) is 1. The van der Waals surface area contributed by atoms with E-state index in [-0.39, 0.29) is 29.1 Å². The summed E-state index contributed by atoms with van der Waals surface area (Å²) in [6.45, 7) is 8.33. The zero-order valence-electron chi connectivity index (χ0n) is 32.4. The lowest BCUT2D eigenvalue weighted by atomic mass is 9.96. The van der Waals surface area contributed by atoms with Crippen LogP contribution in [0.5, 0.6) is 0 Å². The molecule has 13 nitrogen and oxygen atoms in total. The number of nitrogen functional groups attached to an aromatic ring is 1. The molecule has 0 radical (unpaired) electrons. The van der Waals surface area contributed by atoms with Crippen LogP contribution in [0, 0.1) is 17.2 Å². The number of amides is 3. The van der Waals surface area contributed by atoms with E-state index < -0.39 is 18.4 Å². The maximum Gasteiger partial charge on any atom is 0.410 e. The van der Waals surface area contributed by atoms with Gasteiger partial charge in [0, 0.05) is 85.9 Å². The van der Waals surface area contributed by atoms with Crippen molar-refractivity contribution < 1.29 is 23.2 Å². The summed E-state index contributed by atoms with van der Waals surface area (Å²) >= 11 is 1.30. The lowest BCUT2D eigenvalue weighted by molar-refractivity contribution is -0.133. The van der Waals surface area contributed by atoms with E-state index in [4.69, 9.17) is 19.6 Å². The third-order valence-corrected chi connectivity index (χ3v) is 9.64. The number of likely N-dealkylation sites (tertiary alicyclic amines) is 1. The van der Waals surface area contributed by atoms with Crippen LogP contribution in [0.1, 0.15) is 67.9 Å². The number of nitriles is 1. The number of thioether (sulfide) groups is 1. The van der Waals surface area contributed by atoms with Gasteiger partial charge in [-0.1, -0.05) is 30.0 Å². The number of anilines is 2. The number of nitrogens with zero attached hydrogens (tertiary/aromatic N) is 7. The number of aromatic nitrogens is 3. The summed E-state index contributed by atoms with van der Waals surface area (Å²) in [5.41, 5.74) is 8.46. The molecule has 2 aliphatic heterocycles. The van der Waals surface area contributed by atoms with Gasteiger partial charge in [-0.25, -0.2) is 14.8 Å². The zero-order chi connectivity index (χ0) is 39.0. The normalized spacial score (nSPS) is 16.8. The topological polar surface area (TPSA) is 171 Å². The molecule has 2 saturated heterocycles. The molecule has 2 aromatic heterocycles. The van der Waals surface area contributed by atoms with Gasteiger partial charge in [0.15, 0.2) is 5.16 Å². The molecule has 3 amide bonds. The first kappa shape index (κ1) is 33.4. The number of nitrogens with two attached hydrogens (primary N) is 1. The number of piperidine rings is 1. The summed E-state index contributed by atoms with van der Waals surface area (Å²) in [5, 5.41) is 12.4. The van der Waals surface area contributed by atoms with Crippen LogP contribution >= 0.6 is 11.8 Å². The van der Waals surface area contributed by atoms with Crippen LogP contribution in [0.2, 0.25) is 0 Å². The van der Waals surface area contributed by atoms with E-state index >= 15 is 0 Å². The van der Waals surface area contributed by atoms with Crippen LogP contribution < -0.4 is 11.1 Å². The fourth-order valence-corrected chi connectivity index (χ4v) is 6.89. The number of hydrogen-bond donors (Lipinski definition) is 2. The molecule has 0 spiro atoms. The molecule has 0 saturated carbocycles. The molecule has 3 N–H and O–H groups in total. The Balaban J connectivity index is 1.08. The van der Waals surface area contributed by atoms with Gasteiger partial charge in [0.2, 0.25) is 11.8 Å². The first-order valence-electron chi connectivity index (χ1n) is 18.6. The maximum atomic E-state index is 13.1. The highest BCUT2D eigenvalue weighted by Gasteiger charge is 2.29. The number of ether oxygens (including phenoxy) is 1. The van der Waals surface area contributed by atoms with Crippen LogP contribution in [0.15, 0.2) is 47.6 Å². The van der Waals surface area contributed by atoms with E-state index in [9.17, 15) is 19.6 Å². The Kier molecular flexibility index (Phi) is 11.1. The van der Waals surface area contributed by atoms with Crippen LogP contribution in [0.25, 0.3) is 11.3 Å². The first-order valence-corrected chi connectivity index (χ1v) is 18.1. The van der Waals surface area contributed by atoms with Gasteiger partial charge >= 0.3 is 6.09 Å². The number of carbonyl (C=O) groups excluding carboxylic acids is 3. The van der Waals surface area contributed by atoms with Crippen LogP contribution in [0.3, 0.4) is 0 Å². The molecule has 0 atom stereocenters. The van der Waals surface area contributed by atoms with Crippen molar-refractivity contribution >= 4 is 41.2 Å². The summed E-state index contributed by atoms with van der Waals surface area (Å²) in [6, 6.07) is 14.0. The average molecular weight is 717 g/mol. The Morgan fingerprint density at radius 2 is 1.71 bits per heavy atom. The average Bonchev–Trinajstić information content (AvgIpc) is 3.13. The Morgan fingerprint density at radius 3 is 2.37 bits per heavy atom. The fourth-order valence-electron chi connectivity index (χ4n) is 6.13. The number of carbonyl (C=O) groups is 3.